The number of nitrogens with zero attached hydrogens (tertiary/aromatic N) is 1. The Kier molecular flexibility index (Phi) is 5.94. The summed E-state index contributed by atoms with van der Waals surface area (Å²) in [6.07, 6.45) is 1.39. The number of hydrogen-bond acceptors (Lipinski definition) is 3. The van der Waals surface area contributed by atoms with Gasteiger partial charge in [-0.3, -0.25) is 14.2 Å². The van der Waals surface area contributed by atoms with Gasteiger partial charge in [0.2, 0.25) is 5.91 Å². The minimum atomic E-state index is -0.808. The molecule has 0 saturated carbocycles. The number of phenolic OH excluding ortho intramolecular Hbond substituents is 1. The first kappa shape index (κ1) is 20.9. The molecule has 7 heteroatoms. The molecule has 0 aliphatic carbocycles. The van der Waals surface area contributed by atoms with Gasteiger partial charge in [0, 0.05) is 34.2 Å². The third-order valence-electron chi connectivity index (χ3n) is 5.26. The van der Waals surface area contributed by atoms with E-state index in [1.807, 2.05) is 6.92 Å². The molecular weight excluding hydrogens is 395 g/mol. The monoisotopic (exact) mass is 416 g/mol. The minimum Gasteiger partial charge on any atom is -0.505 e. The molecule has 0 saturated heterocycles. The molecule has 1 atom stereocenters. The van der Waals surface area contributed by atoms with Gasteiger partial charge < -0.3 is 10.8 Å². The molecule has 3 aromatic rings. The molecule has 0 bridgehead atoms. The van der Waals surface area contributed by atoms with Gasteiger partial charge in [-0.1, -0.05) is 18.5 Å². The lowest BCUT2D eigenvalue weighted by Gasteiger charge is -2.16. The Balaban J connectivity index is 2.23. The quantitative estimate of drug-likeness (QED) is 0.599. The van der Waals surface area contributed by atoms with E-state index in [2.05, 4.69) is 0 Å². The molecule has 1 heterocycles. The SMILES string of the molecule is CC[C@@H](CCC(N)=O)c1c(C)n(C(=O)c2ccc(Cl)cc2)c2cc(F)c(O)cc12. The van der Waals surface area contributed by atoms with Crippen LogP contribution in [0.3, 0.4) is 0 Å². The minimum absolute atomic E-state index is 0.0749. The van der Waals surface area contributed by atoms with Gasteiger partial charge in [0.25, 0.3) is 5.91 Å². The predicted molar refractivity (Wildman–Crippen MR) is 111 cm³/mol. The zero-order valence-corrected chi connectivity index (χ0v) is 17.0. The number of fused-ring (bicyclic) bond motifs is 1. The van der Waals surface area contributed by atoms with Crippen LogP contribution in [-0.4, -0.2) is 21.5 Å². The molecular formula is C22H22ClFN2O3. The maximum Gasteiger partial charge on any atom is 0.262 e. The van der Waals surface area contributed by atoms with E-state index in [1.54, 1.807) is 31.2 Å². The van der Waals surface area contributed by atoms with Gasteiger partial charge >= 0.3 is 0 Å². The molecule has 0 radical (unpaired) electrons. The molecule has 1 aromatic heterocycles. The van der Waals surface area contributed by atoms with Crippen molar-refractivity contribution in [3.8, 4) is 5.75 Å². The lowest BCUT2D eigenvalue weighted by Crippen LogP contribution is -2.15. The Bertz CT molecular complexity index is 1090. The average molecular weight is 417 g/mol. The van der Waals surface area contributed by atoms with Gasteiger partial charge in [-0.25, -0.2) is 4.39 Å². The van der Waals surface area contributed by atoms with Crippen LogP contribution in [0.25, 0.3) is 10.9 Å². The van der Waals surface area contributed by atoms with Crippen LogP contribution >= 0.6 is 11.6 Å². The van der Waals surface area contributed by atoms with E-state index in [9.17, 15) is 19.1 Å². The van der Waals surface area contributed by atoms with Crippen molar-refractivity contribution in [1.29, 1.82) is 0 Å². The topological polar surface area (TPSA) is 85.3 Å². The van der Waals surface area contributed by atoms with Crippen LogP contribution in [0.2, 0.25) is 5.02 Å². The number of benzene rings is 2. The van der Waals surface area contributed by atoms with Crippen LogP contribution in [0.4, 0.5) is 4.39 Å². The number of halogens is 2. The second-order valence-corrected chi connectivity index (χ2v) is 7.51. The number of rotatable bonds is 6. The summed E-state index contributed by atoms with van der Waals surface area (Å²) in [6.45, 7) is 3.75. The highest BCUT2D eigenvalue weighted by molar-refractivity contribution is 6.30. The van der Waals surface area contributed by atoms with Gasteiger partial charge in [-0.15, -0.1) is 0 Å². The highest BCUT2D eigenvalue weighted by atomic mass is 35.5. The van der Waals surface area contributed by atoms with Gasteiger partial charge in [0.05, 0.1) is 5.52 Å². The Morgan fingerprint density at radius 1 is 1.24 bits per heavy atom. The summed E-state index contributed by atoms with van der Waals surface area (Å²) in [5, 5.41) is 11.0. The fourth-order valence-electron chi connectivity index (χ4n) is 3.82. The number of aromatic nitrogens is 1. The molecule has 2 aromatic carbocycles. The van der Waals surface area contributed by atoms with Crippen LogP contribution in [0.1, 0.15) is 53.7 Å². The smallest absolute Gasteiger partial charge is 0.262 e. The predicted octanol–water partition coefficient (Wildman–Crippen LogP) is 4.90. The van der Waals surface area contributed by atoms with E-state index in [0.717, 1.165) is 11.6 Å². The first-order valence-electron chi connectivity index (χ1n) is 9.36. The van der Waals surface area contributed by atoms with E-state index >= 15 is 0 Å². The fourth-order valence-corrected chi connectivity index (χ4v) is 3.94. The number of carbonyl (C=O) groups is 2. The standard InChI is InChI=1S/C22H22ClFN2O3/c1-3-13(6-9-20(25)28)21-12(2)26(18-11-17(24)19(27)10-16(18)21)22(29)14-4-7-15(23)8-5-14/h4-5,7-8,10-11,13,27H,3,6,9H2,1-2H3,(H2,25,28)/t13-/m0/s1. The van der Waals surface area contributed by atoms with Crippen LogP contribution < -0.4 is 5.73 Å². The van der Waals surface area contributed by atoms with Crippen molar-refractivity contribution >= 4 is 34.3 Å². The van der Waals surface area contributed by atoms with Crippen LogP contribution in [0.15, 0.2) is 36.4 Å². The zero-order valence-electron chi connectivity index (χ0n) is 16.2. The fraction of sp³-hybridized carbons (Fsp3) is 0.273. The molecule has 0 unspecified atom stereocenters. The molecule has 0 spiro atoms. The van der Waals surface area contributed by atoms with Crippen molar-refractivity contribution in [2.75, 3.05) is 0 Å². The number of nitrogens with two attached hydrogens (primary N) is 1. The van der Waals surface area contributed by atoms with Gasteiger partial charge in [-0.05, 0) is 61.6 Å². The molecule has 3 N–H and O–H groups in total. The third kappa shape index (κ3) is 3.98. The van der Waals surface area contributed by atoms with E-state index in [-0.39, 0.29) is 18.2 Å². The zero-order chi connectivity index (χ0) is 21.3. The second-order valence-electron chi connectivity index (χ2n) is 7.08. The Morgan fingerprint density at radius 2 is 1.90 bits per heavy atom. The van der Waals surface area contributed by atoms with E-state index < -0.39 is 17.5 Å². The first-order chi connectivity index (χ1) is 13.7. The summed E-state index contributed by atoms with van der Waals surface area (Å²) in [5.74, 6) is -2.10. The molecule has 3 rings (SSSR count). The molecule has 0 aliphatic rings. The number of phenols is 1. The number of primary amides is 1. The molecule has 5 nitrogen and oxygen atoms in total. The number of aromatic hydroxyl groups is 1. The van der Waals surface area contributed by atoms with Crippen molar-refractivity contribution in [2.45, 2.75) is 39.0 Å². The Morgan fingerprint density at radius 3 is 2.48 bits per heavy atom. The highest BCUT2D eigenvalue weighted by Crippen LogP contribution is 2.38. The van der Waals surface area contributed by atoms with Gasteiger partial charge in [0.15, 0.2) is 11.6 Å². The van der Waals surface area contributed by atoms with E-state index in [1.165, 1.54) is 10.6 Å². The summed E-state index contributed by atoms with van der Waals surface area (Å²) in [7, 11) is 0. The highest BCUT2D eigenvalue weighted by Gasteiger charge is 2.26. The number of carbonyl (C=O) groups excluding carboxylic acids is 2. The first-order valence-corrected chi connectivity index (χ1v) is 9.74. The molecule has 152 valence electrons. The van der Waals surface area contributed by atoms with Crippen LogP contribution in [0, 0.1) is 12.7 Å². The van der Waals surface area contributed by atoms with Crippen molar-refractivity contribution < 1.29 is 19.1 Å². The third-order valence-corrected chi connectivity index (χ3v) is 5.51. The number of amides is 1. The lowest BCUT2D eigenvalue weighted by molar-refractivity contribution is -0.118. The number of hydrogen-bond donors (Lipinski definition) is 2. The normalized spacial score (nSPS) is 12.3. The maximum absolute atomic E-state index is 14.2. The summed E-state index contributed by atoms with van der Waals surface area (Å²) in [5.41, 5.74) is 7.53. The van der Waals surface area contributed by atoms with Gasteiger partial charge in [0.1, 0.15) is 0 Å². The molecule has 0 aliphatic heterocycles. The van der Waals surface area contributed by atoms with E-state index in [0.29, 0.717) is 40.0 Å². The molecule has 0 fully saturated rings. The van der Waals surface area contributed by atoms with Crippen molar-refractivity contribution in [2.24, 2.45) is 5.73 Å². The maximum atomic E-state index is 14.2. The van der Waals surface area contributed by atoms with Crippen molar-refractivity contribution in [3.63, 3.8) is 0 Å². The van der Waals surface area contributed by atoms with Crippen molar-refractivity contribution in [3.05, 3.63) is 64.1 Å². The molecule has 29 heavy (non-hydrogen) atoms. The molecule has 1 amide bonds. The average Bonchev–Trinajstić information content (AvgIpc) is 2.94. The summed E-state index contributed by atoms with van der Waals surface area (Å²) in [6, 6.07) is 8.95. The van der Waals surface area contributed by atoms with Gasteiger partial charge in [-0.2, -0.15) is 0 Å². The van der Waals surface area contributed by atoms with Crippen LogP contribution in [-0.2, 0) is 4.79 Å². The summed E-state index contributed by atoms with van der Waals surface area (Å²) >= 11 is 5.92. The second kappa shape index (κ2) is 8.25. The lowest BCUT2D eigenvalue weighted by atomic mass is 9.89. The Labute approximate surface area is 172 Å². The van der Waals surface area contributed by atoms with Crippen molar-refractivity contribution in [1.82, 2.24) is 4.57 Å². The van der Waals surface area contributed by atoms with Crippen LogP contribution in [0.5, 0.6) is 5.75 Å². The summed E-state index contributed by atoms with van der Waals surface area (Å²) in [4.78, 5) is 24.5. The Hall–Kier alpha value is -2.86. The largest absolute Gasteiger partial charge is 0.505 e. The summed E-state index contributed by atoms with van der Waals surface area (Å²) < 4.78 is 15.6. The van der Waals surface area contributed by atoms with E-state index in [4.69, 9.17) is 17.3 Å².